The van der Waals surface area contributed by atoms with Crippen LogP contribution in [0.1, 0.15) is 49.8 Å². The fourth-order valence-corrected chi connectivity index (χ4v) is 3.56. The van der Waals surface area contributed by atoms with Gasteiger partial charge in [-0.15, -0.1) is 5.10 Å². The van der Waals surface area contributed by atoms with E-state index in [1.54, 1.807) is 29.6 Å². The van der Waals surface area contributed by atoms with Crippen molar-refractivity contribution in [3.05, 3.63) is 71.2 Å². The normalized spacial score (nSPS) is 12.1. The molecule has 162 valence electrons. The van der Waals surface area contributed by atoms with E-state index in [4.69, 9.17) is 4.74 Å². The summed E-state index contributed by atoms with van der Waals surface area (Å²) in [6.07, 6.45) is 0. The van der Waals surface area contributed by atoms with Crippen LogP contribution in [0.3, 0.4) is 0 Å². The van der Waals surface area contributed by atoms with Crippen molar-refractivity contribution in [2.75, 3.05) is 11.5 Å². The number of nitrogens with one attached hydrogen (secondary N) is 1. The van der Waals surface area contributed by atoms with Crippen molar-refractivity contribution in [1.29, 1.82) is 0 Å². The van der Waals surface area contributed by atoms with E-state index >= 15 is 0 Å². The maximum Gasteiger partial charge on any atom is 0.280 e. The third kappa shape index (κ3) is 5.67. The minimum Gasteiger partial charge on any atom is -0.494 e. The molecule has 0 spiro atoms. The molecule has 2 aromatic carbocycles. The van der Waals surface area contributed by atoms with Crippen molar-refractivity contribution >= 4 is 29.0 Å². The maximum absolute atomic E-state index is 13.5. The van der Waals surface area contributed by atoms with E-state index in [0.29, 0.717) is 23.6 Å². The van der Waals surface area contributed by atoms with Crippen LogP contribution in [0.2, 0.25) is 0 Å². The van der Waals surface area contributed by atoms with Gasteiger partial charge >= 0.3 is 0 Å². The second-order valence-corrected chi connectivity index (χ2v) is 8.55. The Hall–Kier alpha value is -3.26. The topological polar surface area (TPSA) is 84.4 Å². The fourth-order valence-electron chi connectivity index (χ4n) is 3.13. The number of ether oxygens (including phenoxy) is 1. The lowest BCUT2D eigenvalue weighted by Gasteiger charge is -2.33. The Bertz CT molecular complexity index is 1000. The third-order valence-corrected chi connectivity index (χ3v) is 4.85. The molecule has 0 aliphatic rings. The molecular weight excluding hydrogens is 412 g/mol. The predicted molar refractivity (Wildman–Crippen MR) is 121 cm³/mol. The van der Waals surface area contributed by atoms with E-state index in [-0.39, 0.29) is 11.6 Å². The standard InChI is InChI=1S/C23H26N4O3S/c1-5-30-18-13-11-17(12-14-18)27(22(29)19-15-31-26-25-19)20(16-9-7-6-8-10-16)21(28)24-23(2,3)4/h6-15,20H,5H2,1-4H3,(H,24,28). The molecular formula is C23H26N4O3S. The summed E-state index contributed by atoms with van der Waals surface area (Å²) in [5, 5.41) is 8.53. The summed E-state index contributed by atoms with van der Waals surface area (Å²) in [6.45, 7) is 8.15. The molecule has 0 aliphatic carbocycles. The first kappa shape index (κ1) is 22.4. The fraction of sp³-hybridized carbons (Fsp3) is 0.304. The van der Waals surface area contributed by atoms with E-state index in [9.17, 15) is 9.59 Å². The smallest absolute Gasteiger partial charge is 0.280 e. The molecule has 1 atom stereocenters. The van der Waals surface area contributed by atoms with Gasteiger partial charge in [-0.25, -0.2) is 0 Å². The Morgan fingerprint density at radius 3 is 2.32 bits per heavy atom. The van der Waals surface area contributed by atoms with Gasteiger partial charge in [0, 0.05) is 16.6 Å². The average molecular weight is 439 g/mol. The molecule has 8 heteroatoms. The molecule has 0 radical (unpaired) electrons. The number of rotatable bonds is 7. The zero-order valence-corrected chi connectivity index (χ0v) is 18.8. The Kier molecular flexibility index (Phi) is 7.02. The molecule has 3 rings (SSSR count). The van der Waals surface area contributed by atoms with Crippen LogP contribution in [0.15, 0.2) is 60.0 Å². The average Bonchev–Trinajstić information content (AvgIpc) is 3.27. The third-order valence-electron chi connectivity index (χ3n) is 4.34. The highest BCUT2D eigenvalue weighted by molar-refractivity contribution is 7.03. The number of aromatic nitrogens is 2. The van der Waals surface area contributed by atoms with Gasteiger partial charge in [0.2, 0.25) is 5.91 Å². The molecule has 0 aliphatic heterocycles. The lowest BCUT2D eigenvalue weighted by molar-refractivity contribution is -0.123. The molecule has 2 amide bonds. The van der Waals surface area contributed by atoms with Crippen LogP contribution in [-0.4, -0.2) is 33.5 Å². The number of hydrogen-bond donors (Lipinski definition) is 1. The molecule has 0 fully saturated rings. The molecule has 7 nitrogen and oxygen atoms in total. The molecule has 1 unspecified atom stereocenters. The maximum atomic E-state index is 13.5. The van der Waals surface area contributed by atoms with E-state index in [1.165, 1.54) is 4.90 Å². The summed E-state index contributed by atoms with van der Waals surface area (Å²) >= 11 is 1.09. The molecule has 31 heavy (non-hydrogen) atoms. The zero-order valence-electron chi connectivity index (χ0n) is 18.0. The van der Waals surface area contributed by atoms with Crippen LogP contribution in [0, 0.1) is 0 Å². The summed E-state index contributed by atoms with van der Waals surface area (Å²) in [4.78, 5) is 28.4. The highest BCUT2D eigenvalue weighted by Gasteiger charge is 2.35. The quantitative estimate of drug-likeness (QED) is 0.596. The van der Waals surface area contributed by atoms with E-state index in [2.05, 4.69) is 14.9 Å². The number of benzene rings is 2. The second kappa shape index (κ2) is 9.70. The van der Waals surface area contributed by atoms with Crippen molar-refractivity contribution < 1.29 is 14.3 Å². The van der Waals surface area contributed by atoms with Crippen LogP contribution < -0.4 is 15.0 Å². The van der Waals surface area contributed by atoms with Gasteiger partial charge in [-0.05, 0) is 69.1 Å². The van der Waals surface area contributed by atoms with Crippen molar-refractivity contribution in [2.24, 2.45) is 0 Å². The Morgan fingerprint density at radius 2 is 1.77 bits per heavy atom. The number of amides is 2. The highest BCUT2D eigenvalue weighted by Crippen LogP contribution is 2.31. The molecule has 0 bridgehead atoms. The summed E-state index contributed by atoms with van der Waals surface area (Å²) < 4.78 is 9.35. The number of hydrogen-bond acceptors (Lipinski definition) is 6. The van der Waals surface area contributed by atoms with Gasteiger partial charge in [-0.2, -0.15) is 0 Å². The molecule has 3 aromatic rings. The Balaban J connectivity index is 2.12. The van der Waals surface area contributed by atoms with Gasteiger partial charge < -0.3 is 10.1 Å². The zero-order chi connectivity index (χ0) is 22.4. The van der Waals surface area contributed by atoms with Gasteiger partial charge in [0.1, 0.15) is 11.8 Å². The SMILES string of the molecule is CCOc1ccc(N(C(=O)c2csnn2)C(C(=O)NC(C)(C)C)c2ccccc2)cc1. The minimum atomic E-state index is -0.896. The lowest BCUT2D eigenvalue weighted by atomic mass is 10.0. The molecule has 0 saturated heterocycles. The summed E-state index contributed by atoms with van der Waals surface area (Å²) in [6, 6.07) is 15.4. The first-order valence-corrected chi connectivity index (χ1v) is 10.8. The van der Waals surface area contributed by atoms with Gasteiger partial charge in [0.05, 0.1) is 6.61 Å². The summed E-state index contributed by atoms with van der Waals surface area (Å²) in [7, 11) is 0. The second-order valence-electron chi connectivity index (χ2n) is 7.94. The lowest BCUT2D eigenvalue weighted by Crippen LogP contribution is -2.49. The van der Waals surface area contributed by atoms with E-state index < -0.39 is 17.5 Å². The monoisotopic (exact) mass is 438 g/mol. The van der Waals surface area contributed by atoms with Crippen LogP contribution in [0.25, 0.3) is 0 Å². The molecule has 0 saturated carbocycles. The van der Waals surface area contributed by atoms with Crippen LogP contribution in [0.4, 0.5) is 5.69 Å². The van der Waals surface area contributed by atoms with Crippen molar-refractivity contribution in [3.8, 4) is 5.75 Å². The van der Waals surface area contributed by atoms with E-state index in [1.807, 2.05) is 58.0 Å². The first-order valence-electron chi connectivity index (χ1n) is 10.0. The number of carbonyl (C=O) groups excluding carboxylic acids is 2. The number of anilines is 1. The Labute approximate surface area is 186 Å². The van der Waals surface area contributed by atoms with Crippen molar-refractivity contribution in [3.63, 3.8) is 0 Å². The van der Waals surface area contributed by atoms with Crippen molar-refractivity contribution in [2.45, 2.75) is 39.3 Å². The Morgan fingerprint density at radius 1 is 1.10 bits per heavy atom. The van der Waals surface area contributed by atoms with Crippen molar-refractivity contribution in [1.82, 2.24) is 14.9 Å². The predicted octanol–water partition coefficient (Wildman–Crippen LogP) is 4.24. The molecule has 1 aromatic heterocycles. The minimum absolute atomic E-state index is 0.184. The van der Waals surface area contributed by atoms with Gasteiger partial charge in [-0.1, -0.05) is 34.8 Å². The largest absolute Gasteiger partial charge is 0.494 e. The van der Waals surface area contributed by atoms with Crippen LogP contribution in [0.5, 0.6) is 5.75 Å². The van der Waals surface area contributed by atoms with Gasteiger partial charge in [-0.3, -0.25) is 14.5 Å². The summed E-state index contributed by atoms with van der Waals surface area (Å²) in [5.41, 5.74) is 0.956. The number of nitrogens with zero attached hydrogens (tertiary/aromatic N) is 3. The molecule has 1 N–H and O–H groups in total. The first-order chi connectivity index (χ1) is 14.8. The summed E-state index contributed by atoms with van der Waals surface area (Å²) in [5.74, 6) is -0.00989. The van der Waals surface area contributed by atoms with Gasteiger partial charge in [0.25, 0.3) is 5.91 Å². The highest BCUT2D eigenvalue weighted by atomic mass is 32.1. The van der Waals surface area contributed by atoms with Crippen LogP contribution in [-0.2, 0) is 4.79 Å². The molecule has 1 heterocycles. The van der Waals surface area contributed by atoms with E-state index in [0.717, 1.165) is 11.5 Å². The van der Waals surface area contributed by atoms with Gasteiger partial charge in [0.15, 0.2) is 5.69 Å². The number of carbonyl (C=O) groups is 2. The van der Waals surface area contributed by atoms with Crippen LogP contribution >= 0.6 is 11.5 Å².